The monoisotopic (exact) mass is 605 g/mol. The van der Waals surface area contributed by atoms with E-state index in [-0.39, 0.29) is 30.7 Å². The van der Waals surface area contributed by atoms with Crippen LogP contribution in [0.1, 0.15) is 89.5 Å². The Kier molecular flexibility index (Phi) is 7.96. The first kappa shape index (κ1) is 30.7. The van der Waals surface area contributed by atoms with Crippen molar-refractivity contribution in [3.63, 3.8) is 0 Å². The molecule has 0 aromatic heterocycles. The summed E-state index contributed by atoms with van der Waals surface area (Å²) in [5.74, 6) is 6.85. The average Bonchev–Trinajstić information content (AvgIpc) is 3.56. The van der Waals surface area contributed by atoms with Gasteiger partial charge in [0.1, 0.15) is 12.2 Å². The van der Waals surface area contributed by atoms with Crippen LogP contribution in [0.3, 0.4) is 0 Å². The summed E-state index contributed by atoms with van der Waals surface area (Å²) < 4.78 is 23.9. The van der Waals surface area contributed by atoms with Gasteiger partial charge in [-0.15, -0.1) is 0 Å². The first-order chi connectivity index (χ1) is 21.1. The number of ether oxygens (including phenoxy) is 4. The molecule has 0 radical (unpaired) electrons. The highest BCUT2D eigenvalue weighted by Gasteiger charge is 2.65. The number of fused-ring (bicyclic) bond motifs is 4. The Labute approximate surface area is 263 Å². The van der Waals surface area contributed by atoms with Gasteiger partial charge in [0.05, 0.1) is 18.8 Å². The molecular weight excluding hydrogens is 554 g/mol. The van der Waals surface area contributed by atoms with Crippen LogP contribution in [0.25, 0.3) is 0 Å². The SMILES string of the molecule is C[C@H]1C[C@@]2(O)CC3(CCC2=C2[C@@H]1[C@@H]1CC[C@@](O)(C#CCOC4CCCCO4)[C@@]1(C)C[C@@H]2c1ccc(N(C)C)cc1)OCCO3. The summed E-state index contributed by atoms with van der Waals surface area (Å²) in [5, 5.41) is 24.8. The lowest BCUT2D eigenvalue weighted by Crippen LogP contribution is -2.57. The molecule has 7 rings (SSSR count). The van der Waals surface area contributed by atoms with Crippen LogP contribution in [-0.2, 0) is 18.9 Å². The maximum Gasteiger partial charge on any atom is 0.171 e. The molecule has 2 aliphatic heterocycles. The van der Waals surface area contributed by atoms with Crippen molar-refractivity contribution in [2.24, 2.45) is 23.2 Å². The maximum absolute atomic E-state index is 12.4. The first-order valence-corrected chi connectivity index (χ1v) is 17.0. The summed E-state index contributed by atoms with van der Waals surface area (Å²) >= 11 is 0. The van der Waals surface area contributed by atoms with Crippen molar-refractivity contribution in [1.82, 2.24) is 0 Å². The third-order valence-corrected chi connectivity index (χ3v) is 12.3. The summed E-state index contributed by atoms with van der Waals surface area (Å²) in [6, 6.07) is 8.92. The normalized spacial score (nSPS) is 41.0. The van der Waals surface area contributed by atoms with Crippen LogP contribution in [0.5, 0.6) is 0 Å². The van der Waals surface area contributed by atoms with Crippen LogP contribution < -0.4 is 4.90 Å². The van der Waals surface area contributed by atoms with Crippen LogP contribution in [0, 0.1) is 35.0 Å². The van der Waals surface area contributed by atoms with Gasteiger partial charge in [-0.25, -0.2) is 0 Å². The number of hydrogen-bond donors (Lipinski definition) is 2. The highest BCUT2D eigenvalue weighted by molar-refractivity contribution is 5.50. The zero-order valence-corrected chi connectivity index (χ0v) is 27.1. The molecule has 1 unspecified atom stereocenters. The van der Waals surface area contributed by atoms with E-state index in [4.69, 9.17) is 18.9 Å². The van der Waals surface area contributed by atoms with E-state index < -0.39 is 22.4 Å². The van der Waals surface area contributed by atoms with Crippen LogP contribution in [0.2, 0.25) is 0 Å². The van der Waals surface area contributed by atoms with E-state index in [0.29, 0.717) is 38.4 Å². The number of rotatable bonds is 4. The second-order valence-corrected chi connectivity index (χ2v) is 15.0. The number of allylic oxidation sites excluding steroid dienone is 1. The van der Waals surface area contributed by atoms with E-state index in [9.17, 15) is 10.2 Å². The van der Waals surface area contributed by atoms with Gasteiger partial charge in [0.2, 0.25) is 0 Å². The molecule has 1 spiro atoms. The third kappa shape index (κ3) is 5.05. The Balaban J connectivity index is 1.26. The molecule has 240 valence electrons. The van der Waals surface area contributed by atoms with Gasteiger partial charge in [-0.3, -0.25) is 0 Å². The Morgan fingerprint density at radius 1 is 1.00 bits per heavy atom. The molecular formula is C37H51NO6. The smallest absolute Gasteiger partial charge is 0.171 e. The quantitative estimate of drug-likeness (QED) is 0.344. The number of anilines is 1. The van der Waals surface area contributed by atoms with E-state index >= 15 is 0 Å². The van der Waals surface area contributed by atoms with Crippen molar-refractivity contribution in [3.8, 4) is 11.8 Å². The number of nitrogens with zero attached hydrogens (tertiary/aromatic N) is 1. The van der Waals surface area contributed by atoms with Crippen molar-refractivity contribution >= 4 is 5.69 Å². The second kappa shape index (κ2) is 11.4. The van der Waals surface area contributed by atoms with Gasteiger partial charge in [0.15, 0.2) is 12.1 Å². The third-order valence-electron chi connectivity index (χ3n) is 12.3. The van der Waals surface area contributed by atoms with Gasteiger partial charge in [-0.05, 0) is 92.4 Å². The largest absolute Gasteiger partial charge is 0.385 e. The Hall–Kier alpha value is -1.92. The standard InChI is InChI=1S/C37H51NO6/c1-25-22-35(39)24-37(43-20-21-44-37)17-14-30(35)33-28(26-9-11-27(12-10-26)38(3)4)23-34(2)29(32(25)33)13-16-36(34,40)15-7-19-42-31-8-5-6-18-41-31/h9-12,25,28-29,31-32,39-40H,5-6,8,13-14,16-24H2,1-4H3/t25-,28+,29-,31?,32-,34-,35+,36-/m0/s1. The fourth-order valence-corrected chi connectivity index (χ4v) is 10.1. The highest BCUT2D eigenvalue weighted by Crippen LogP contribution is 2.68. The second-order valence-electron chi connectivity index (χ2n) is 15.0. The molecule has 2 saturated heterocycles. The minimum atomic E-state index is -1.10. The fourth-order valence-electron chi connectivity index (χ4n) is 10.1. The summed E-state index contributed by atoms with van der Waals surface area (Å²) in [6.07, 6.45) is 8.08. The lowest BCUT2D eigenvalue weighted by Gasteiger charge is -2.59. The minimum absolute atomic E-state index is 0.0968. The van der Waals surface area contributed by atoms with Crippen molar-refractivity contribution in [3.05, 3.63) is 41.0 Å². The molecule has 6 aliphatic rings. The van der Waals surface area contributed by atoms with E-state index in [1.807, 2.05) is 0 Å². The lowest BCUT2D eigenvalue weighted by atomic mass is 9.47. The van der Waals surface area contributed by atoms with Crippen LogP contribution in [-0.4, -0.2) is 74.0 Å². The number of benzene rings is 1. The van der Waals surface area contributed by atoms with Gasteiger partial charge in [0.25, 0.3) is 0 Å². The molecule has 44 heavy (non-hydrogen) atoms. The van der Waals surface area contributed by atoms with Gasteiger partial charge < -0.3 is 34.1 Å². The van der Waals surface area contributed by atoms with Crippen molar-refractivity contribution in [2.75, 3.05) is 45.4 Å². The maximum atomic E-state index is 12.4. The predicted octanol–water partition coefficient (Wildman–Crippen LogP) is 5.54. The molecule has 5 fully saturated rings. The Bertz CT molecular complexity index is 1320. The molecule has 8 atom stereocenters. The van der Waals surface area contributed by atoms with Gasteiger partial charge >= 0.3 is 0 Å². The zero-order valence-electron chi connectivity index (χ0n) is 27.1. The molecule has 2 N–H and O–H groups in total. The first-order valence-electron chi connectivity index (χ1n) is 17.0. The minimum Gasteiger partial charge on any atom is -0.385 e. The molecule has 0 amide bonds. The van der Waals surface area contributed by atoms with Crippen LogP contribution >= 0.6 is 0 Å². The van der Waals surface area contributed by atoms with Gasteiger partial charge in [-0.2, -0.15) is 0 Å². The number of aliphatic hydroxyl groups is 2. The summed E-state index contributed by atoms with van der Waals surface area (Å²) in [7, 11) is 4.13. The van der Waals surface area contributed by atoms with Gasteiger partial charge in [0, 0.05) is 50.6 Å². The zero-order chi connectivity index (χ0) is 30.7. The van der Waals surface area contributed by atoms with E-state index in [1.54, 1.807) is 0 Å². The molecule has 7 heteroatoms. The molecule has 4 aliphatic carbocycles. The van der Waals surface area contributed by atoms with E-state index in [2.05, 4.69) is 68.9 Å². The van der Waals surface area contributed by atoms with Gasteiger partial charge in [-0.1, -0.05) is 43.4 Å². The van der Waals surface area contributed by atoms with E-state index in [1.165, 1.54) is 16.7 Å². The Morgan fingerprint density at radius 3 is 2.48 bits per heavy atom. The summed E-state index contributed by atoms with van der Waals surface area (Å²) in [4.78, 5) is 2.13. The fraction of sp³-hybridized carbons (Fsp3) is 0.730. The average molecular weight is 606 g/mol. The van der Waals surface area contributed by atoms with Crippen LogP contribution in [0.15, 0.2) is 35.4 Å². The van der Waals surface area contributed by atoms with Crippen molar-refractivity contribution < 1.29 is 29.2 Å². The Morgan fingerprint density at radius 2 is 1.77 bits per heavy atom. The van der Waals surface area contributed by atoms with Crippen molar-refractivity contribution in [2.45, 2.75) is 107 Å². The highest BCUT2D eigenvalue weighted by atomic mass is 16.7. The van der Waals surface area contributed by atoms with Crippen LogP contribution in [0.4, 0.5) is 5.69 Å². The predicted molar refractivity (Wildman–Crippen MR) is 169 cm³/mol. The molecule has 2 heterocycles. The molecule has 1 aromatic carbocycles. The summed E-state index contributed by atoms with van der Waals surface area (Å²) in [6.45, 7) is 6.82. The number of hydrogen-bond acceptors (Lipinski definition) is 7. The molecule has 0 bridgehead atoms. The topological polar surface area (TPSA) is 80.6 Å². The lowest BCUT2D eigenvalue weighted by molar-refractivity contribution is -0.210. The van der Waals surface area contributed by atoms with Crippen molar-refractivity contribution in [1.29, 1.82) is 0 Å². The molecule has 7 nitrogen and oxygen atoms in total. The van der Waals surface area contributed by atoms with E-state index in [0.717, 1.165) is 57.2 Å². The molecule has 3 saturated carbocycles. The molecule has 1 aromatic rings. The summed E-state index contributed by atoms with van der Waals surface area (Å²) in [5.41, 5.74) is 2.65.